The Morgan fingerprint density at radius 2 is 2.26 bits per heavy atom. The van der Waals surface area contributed by atoms with Gasteiger partial charge < -0.3 is 10.2 Å². The van der Waals surface area contributed by atoms with Gasteiger partial charge in [-0.1, -0.05) is 0 Å². The van der Waals surface area contributed by atoms with Gasteiger partial charge in [0, 0.05) is 25.4 Å². The molecular formula is C13H20N4O2. The molecule has 0 spiro atoms. The largest absolute Gasteiger partial charge is 0.351 e. The van der Waals surface area contributed by atoms with Crippen LogP contribution in [0.5, 0.6) is 0 Å². The van der Waals surface area contributed by atoms with Gasteiger partial charge >= 0.3 is 5.69 Å². The zero-order valence-corrected chi connectivity index (χ0v) is 11.4. The highest BCUT2D eigenvalue weighted by Gasteiger charge is 2.25. The molecule has 0 radical (unpaired) electrons. The highest BCUT2D eigenvalue weighted by atomic mass is 16.6. The lowest BCUT2D eigenvalue weighted by molar-refractivity contribution is -0.384. The van der Waals surface area contributed by atoms with E-state index >= 15 is 0 Å². The smallest absolute Gasteiger partial charge is 0.311 e. The number of hydrogen-bond acceptors (Lipinski definition) is 5. The topological polar surface area (TPSA) is 71.3 Å². The maximum absolute atomic E-state index is 11.2. The van der Waals surface area contributed by atoms with Crippen molar-refractivity contribution in [1.29, 1.82) is 0 Å². The van der Waals surface area contributed by atoms with Crippen LogP contribution in [0.2, 0.25) is 0 Å². The van der Waals surface area contributed by atoms with E-state index in [0.29, 0.717) is 11.9 Å². The quantitative estimate of drug-likeness (QED) is 0.666. The molecule has 1 aromatic heterocycles. The lowest BCUT2D eigenvalue weighted by Gasteiger charge is -2.27. The summed E-state index contributed by atoms with van der Waals surface area (Å²) in [5.41, 5.74) is 0.908. The molecule has 1 aliphatic rings. The van der Waals surface area contributed by atoms with Crippen LogP contribution in [0.3, 0.4) is 0 Å². The molecule has 0 amide bonds. The summed E-state index contributed by atoms with van der Waals surface area (Å²) >= 11 is 0. The van der Waals surface area contributed by atoms with Gasteiger partial charge in [-0.3, -0.25) is 10.1 Å². The number of nitro groups is 1. The van der Waals surface area contributed by atoms with Gasteiger partial charge in [0.2, 0.25) is 5.82 Å². The molecule has 1 saturated heterocycles. The second-order valence-electron chi connectivity index (χ2n) is 5.06. The summed E-state index contributed by atoms with van der Waals surface area (Å²) in [4.78, 5) is 17.0. The summed E-state index contributed by atoms with van der Waals surface area (Å²) in [7, 11) is 1.90. The van der Waals surface area contributed by atoms with Crippen LogP contribution in [-0.4, -0.2) is 36.1 Å². The SMILES string of the molecule is Cc1cnc(N(C)C2CCCNCC2)c([N+](=O)[O-])c1. The number of rotatable bonds is 3. The van der Waals surface area contributed by atoms with E-state index in [1.807, 2.05) is 18.9 Å². The van der Waals surface area contributed by atoms with E-state index in [1.54, 1.807) is 12.3 Å². The molecule has 19 heavy (non-hydrogen) atoms. The Labute approximate surface area is 113 Å². The molecule has 104 valence electrons. The molecule has 0 bridgehead atoms. The monoisotopic (exact) mass is 264 g/mol. The van der Waals surface area contributed by atoms with Crippen molar-refractivity contribution in [3.63, 3.8) is 0 Å². The minimum absolute atomic E-state index is 0.0970. The fraction of sp³-hybridized carbons (Fsp3) is 0.615. The lowest BCUT2D eigenvalue weighted by atomic mass is 10.1. The van der Waals surface area contributed by atoms with E-state index in [-0.39, 0.29) is 10.6 Å². The van der Waals surface area contributed by atoms with Crippen LogP contribution >= 0.6 is 0 Å². The summed E-state index contributed by atoms with van der Waals surface area (Å²) in [6.07, 6.45) is 4.81. The van der Waals surface area contributed by atoms with Crippen LogP contribution in [0.4, 0.5) is 11.5 Å². The first-order valence-corrected chi connectivity index (χ1v) is 6.64. The third-order valence-electron chi connectivity index (χ3n) is 3.61. The van der Waals surface area contributed by atoms with Crippen LogP contribution in [-0.2, 0) is 0 Å². The second-order valence-corrected chi connectivity index (χ2v) is 5.06. The van der Waals surface area contributed by atoms with E-state index in [9.17, 15) is 10.1 Å². The molecular weight excluding hydrogens is 244 g/mol. The minimum Gasteiger partial charge on any atom is -0.351 e. The van der Waals surface area contributed by atoms with Crippen molar-refractivity contribution in [2.75, 3.05) is 25.0 Å². The van der Waals surface area contributed by atoms with Crippen molar-refractivity contribution in [2.45, 2.75) is 32.2 Å². The first kappa shape index (κ1) is 13.7. The van der Waals surface area contributed by atoms with Gasteiger partial charge in [-0.15, -0.1) is 0 Å². The van der Waals surface area contributed by atoms with Gasteiger partial charge in [-0.25, -0.2) is 4.98 Å². The minimum atomic E-state index is -0.346. The predicted molar refractivity (Wildman–Crippen MR) is 74.5 cm³/mol. The highest BCUT2D eigenvalue weighted by molar-refractivity contribution is 5.58. The molecule has 1 aromatic rings. The highest BCUT2D eigenvalue weighted by Crippen LogP contribution is 2.28. The predicted octanol–water partition coefficient (Wildman–Crippen LogP) is 1.88. The lowest BCUT2D eigenvalue weighted by Crippen LogP contribution is -2.33. The maximum Gasteiger partial charge on any atom is 0.311 e. The molecule has 2 heterocycles. The number of nitrogens with one attached hydrogen (secondary N) is 1. The molecule has 0 saturated carbocycles. The number of aromatic nitrogens is 1. The maximum atomic E-state index is 11.2. The Kier molecular flexibility index (Phi) is 4.31. The van der Waals surface area contributed by atoms with Crippen molar-refractivity contribution in [2.24, 2.45) is 0 Å². The van der Waals surface area contributed by atoms with Gasteiger partial charge in [0.1, 0.15) is 0 Å². The van der Waals surface area contributed by atoms with E-state index < -0.39 is 0 Å². The van der Waals surface area contributed by atoms with Gasteiger partial charge in [-0.2, -0.15) is 0 Å². The first-order valence-electron chi connectivity index (χ1n) is 6.64. The summed E-state index contributed by atoms with van der Waals surface area (Å²) in [6.45, 7) is 3.79. The third-order valence-corrected chi connectivity index (χ3v) is 3.61. The summed E-state index contributed by atoms with van der Waals surface area (Å²) in [5.74, 6) is 0.475. The molecule has 6 nitrogen and oxygen atoms in total. The van der Waals surface area contributed by atoms with Gasteiger partial charge in [-0.05, 0) is 44.8 Å². The van der Waals surface area contributed by atoms with E-state index in [0.717, 1.165) is 37.9 Å². The Morgan fingerprint density at radius 3 is 3.00 bits per heavy atom. The van der Waals surface area contributed by atoms with Crippen molar-refractivity contribution in [3.05, 3.63) is 27.9 Å². The number of pyridine rings is 1. The zero-order chi connectivity index (χ0) is 13.8. The Bertz CT molecular complexity index is 456. The van der Waals surface area contributed by atoms with E-state index in [1.165, 1.54) is 0 Å². The Morgan fingerprint density at radius 1 is 1.47 bits per heavy atom. The second kappa shape index (κ2) is 5.97. The number of aryl methyl sites for hydroxylation is 1. The van der Waals surface area contributed by atoms with Crippen LogP contribution < -0.4 is 10.2 Å². The molecule has 1 aliphatic heterocycles. The number of anilines is 1. The number of nitrogens with zero attached hydrogens (tertiary/aromatic N) is 3. The molecule has 1 fully saturated rings. The molecule has 1 N–H and O–H groups in total. The molecule has 0 aromatic carbocycles. The summed E-state index contributed by atoms with van der Waals surface area (Å²) in [5, 5.41) is 14.5. The van der Waals surface area contributed by atoms with Crippen molar-refractivity contribution in [3.8, 4) is 0 Å². The molecule has 2 rings (SSSR count). The van der Waals surface area contributed by atoms with Crippen LogP contribution in [0.25, 0.3) is 0 Å². The average Bonchev–Trinajstić information content (AvgIpc) is 2.66. The van der Waals surface area contributed by atoms with Crippen molar-refractivity contribution < 1.29 is 4.92 Å². The normalized spacial score (nSPS) is 19.8. The average molecular weight is 264 g/mol. The summed E-state index contributed by atoms with van der Waals surface area (Å²) in [6, 6.07) is 1.90. The third kappa shape index (κ3) is 3.20. The molecule has 1 atom stereocenters. The number of hydrogen-bond donors (Lipinski definition) is 1. The fourth-order valence-corrected chi connectivity index (χ4v) is 2.51. The standard InChI is InChI=1S/C13H20N4O2/c1-10-8-12(17(18)19)13(15-9-10)16(2)11-4-3-6-14-7-5-11/h8-9,11,14H,3-7H2,1-2H3. The van der Waals surface area contributed by atoms with Crippen molar-refractivity contribution >= 4 is 11.5 Å². The molecule has 1 unspecified atom stereocenters. The fourth-order valence-electron chi connectivity index (χ4n) is 2.51. The van der Waals surface area contributed by atoms with Crippen LogP contribution in [0, 0.1) is 17.0 Å². The zero-order valence-electron chi connectivity index (χ0n) is 11.4. The van der Waals surface area contributed by atoms with Crippen molar-refractivity contribution in [1.82, 2.24) is 10.3 Å². The van der Waals surface area contributed by atoms with Crippen LogP contribution in [0.1, 0.15) is 24.8 Å². The van der Waals surface area contributed by atoms with Gasteiger partial charge in [0.15, 0.2) is 0 Å². The summed E-state index contributed by atoms with van der Waals surface area (Å²) < 4.78 is 0. The molecule has 0 aliphatic carbocycles. The first-order chi connectivity index (χ1) is 9.09. The Balaban J connectivity index is 2.26. The van der Waals surface area contributed by atoms with E-state index in [2.05, 4.69) is 10.3 Å². The van der Waals surface area contributed by atoms with Crippen LogP contribution in [0.15, 0.2) is 12.3 Å². The van der Waals surface area contributed by atoms with Gasteiger partial charge in [0.25, 0.3) is 0 Å². The van der Waals surface area contributed by atoms with Gasteiger partial charge in [0.05, 0.1) is 4.92 Å². The molecule has 6 heteroatoms. The van der Waals surface area contributed by atoms with E-state index in [4.69, 9.17) is 0 Å². The Hall–Kier alpha value is -1.69.